The Kier molecular flexibility index (Phi) is 4.04. The molecule has 2 aromatic rings. The van der Waals surface area contributed by atoms with Crippen molar-refractivity contribution >= 4 is 17.5 Å². The summed E-state index contributed by atoms with van der Waals surface area (Å²) < 4.78 is 4.88. The number of rotatable bonds is 5. The molecule has 2 N–H and O–H groups in total. The molecule has 18 heavy (non-hydrogen) atoms. The third kappa shape index (κ3) is 3.13. The Morgan fingerprint density at radius 3 is 2.67 bits per heavy atom. The summed E-state index contributed by atoms with van der Waals surface area (Å²) in [6.45, 7) is 3.69. The predicted molar refractivity (Wildman–Crippen MR) is 69.6 cm³/mol. The van der Waals surface area contributed by atoms with Gasteiger partial charge in [0, 0.05) is 5.02 Å². The smallest absolute Gasteiger partial charge is 0.296 e. The maximum atomic E-state index is 5.87. The summed E-state index contributed by atoms with van der Waals surface area (Å²) in [6, 6.07) is 7.75. The van der Waals surface area contributed by atoms with E-state index in [-0.39, 0.29) is 0 Å². The van der Waals surface area contributed by atoms with Crippen LogP contribution >= 0.6 is 11.6 Å². The molecule has 0 bridgehead atoms. The van der Waals surface area contributed by atoms with Crippen LogP contribution in [0.25, 0.3) is 0 Å². The van der Waals surface area contributed by atoms with Gasteiger partial charge in [-0.25, -0.2) is 0 Å². The molecule has 0 fully saturated rings. The SMILES string of the molecule is CCCN(Cc1ccc(Cl)cc1)[n+]1cc(N)on1. The number of nitrogen functional groups attached to an aromatic ring is 1. The summed E-state index contributed by atoms with van der Waals surface area (Å²) in [4.78, 5) is 1.63. The summed E-state index contributed by atoms with van der Waals surface area (Å²) in [5.74, 6) is 0.298. The molecule has 6 heteroatoms. The molecule has 0 aliphatic rings. The highest BCUT2D eigenvalue weighted by atomic mass is 35.5. The first kappa shape index (κ1) is 12.7. The minimum Gasteiger partial charge on any atom is -0.362 e. The molecule has 5 nitrogen and oxygen atoms in total. The van der Waals surface area contributed by atoms with Crippen molar-refractivity contribution in [1.29, 1.82) is 0 Å². The molecule has 0 unspecified atom stereocenters. The molecule has 0 saturated carbocycles. The van der Waals surface area contributed by atoms with Crippen LogP contribution in [0.1, 0.15) is 18.9 Å². The lowest BCUT2D eigenvalue weighted by atomic mass is 10.2. The van der Waals surface area contributed by atoms with Gasteiger partial charge in [-0.1, -0.05) is 30.7 Å². The number of aromatic nitrogens is 2. The molecular weight excluding hydrogens is 252 g/mol. The normalized spacial score (nSPS) is 10.6. The third-order valence-corrected chi connectivity index (χ3v) is 2.77. The fourth-order valence-electron chi connectivity index (χ4n) is 1.70. The van der Waals surface area contributed by atoms with E-state index in [9.17, 15) is 0 Å². The second-order valence-electron chi connectivity index (χ2n) is 4.04. The van der Waals surface area contributed by atoms with E-state index in [0.717, 1.165) is 30.1 Å². The average Bonchev–Trinajstić information content (AvgIpc) is 2.78. The molecule has 1 heterocycles. The fourth-order valence-corrected chi connectivity index (χ4v) is 1.82. The van der Waals surface area contributed by atoms with Crippen LogP contribution in [0.5, 0.6) is 0 Å². The van der Waals surface area contributed by atoms with Gasteiger partial charge in [0.05, 0.1) is 11.3 Å². The van der Waals surface area contributed by atoms with Crippen molar-refractivity contribution in [1.82, 2.24) is 5.27 Å². The molecule has 0 amide bonds. The molecule has 0 aliphatic heterocycles. The Morgan fingerprint density at radius 2 is 2.11 bits per heavy atom. The zero-order valence-corrected chi connectivity index (χ0v) is 11.0. The molecule has 0 radical (unpaired) electrons. The molecule has 0 aliphatic carbocycles. The van der Waals surface area contributed by atoms with Crippen LogP contribution in [0.2, 0.25) is 5.02 Å². The monoisotopic (exact) mass is 267 g/mol. The van der Waals surface area contributed by atoms with Crippen LogP contribution in [0.3, 0.4) is 0 Å². The van der Waals surface area contributed by atoms with Gasteiger partial charge in [-0.05, 0) is 24.1 Å². The summed E-state index contributed by atoms with van der Waals surface area (Å²) in [5, 5.41) is 6.65. The van der Waals surface area contributed by atoms with Gasteiger partial charge in [0.25, 0.3) is 12.1 Å². The van der Waals surface area contributed by atoms with Gasteiger partial charge in [-0.2, -0.15) is 0 Å². The molecule has 1 aromatic carbocycles. The van der Waals surface area contributed by atoms with Crippen LogP contribution in [0.4, 0.5) is 5.88 Å². The quantitative estimate of drug-likeness (QED) is 0.839. The molecular formula is C12H16ClN4O+. The van der Waals surface area contributed by atoms with Gasteiger partial charge in [-0.15, -0.1) is 5.01 Å². The Morgan fingerprint density at radius 1 is 1.39 bits per heavy atom. The Hall–Kier alpha value is -1.75. The number of hydrogen-bond acceptors (Lipinski definition) is 4. The van der Waals surface area contributed by atoms with E-state index < -0.39 is 0 Å². The van der Waals surface area contributed by atoms with Gasteiger partial charge in [0.2, 0.25) is 5.27 Å². The lowest BCUT2D eigenvalue weighted by molar-refractivity contribution is -0.760. The molecule has 1 aromatic heterocycles. The van der Waals surface area contributed by atoms with Crippen molar-refractivity contribution in [3.63, 3.8) is 0 Å². The molecule has 96 valence electrons. The van der Waals surface area contributed by atoms with Crippen LogP contribution in [-0.2, 0) is 6.54 Å². The van der Waals surface area contributed by atoms with Gasteiger partial charge in [0.15, 0.2) is 0 Å². The highest BCUT2D eigenvalue weighted by molar-refractivity contribution is 6.30. The maximum absolute atomic E-state index is 5.87. The summed E-state index contributed by atoms with van der Waals surface area (Å²) in [7, 11) is 0. The minimum absolute atomic E-state index is 0.298. The number of hydrogen-bond donors (Lipinski definition) is 1. The second kappa shape index (κ2) is 5.73. The van der Waals surface area contributed by atoms with Crippen LogP contribution in [0, 0.1) is 0 Å². The zero-order chi connectivity index (χ0) is 13.0. The summed E-state index contributed by atoms with van der Waals surface area (Å²) in [6.07, 6.45) is 2.67. The fraction of sp³-hybridized carbons (Fsp3) is 0.333. The first-order valence-electron chi connectivity index (χ1n) is 5.83. The van der Waals surface area contributed by atoms with E-state index in [1.165, 1.54) is 0 Å². The second-order valence-corrected chi connectivity index (χ2v) is 4.48. The highest BCUT2D eigenvalue weighted by Crippen LogP contribution is 2.10. The van der Waals surface area contributed by atoms with Crippen LogP contribution in [0.15, 0.2) is 35.0 Å². The van der Waals surface area contributed by atoms with Crippen molar-refractivity contribution in [3.8, 4) is 0 Å². The Labute approximate surface area is 111 Å². The number of halogens is 1. The van der Waals surface area contributed by atoms with Gasteiger partial charge < -0.3 is 5.73 Å². The number of anilines is 1. The molecule has 0 saturated heterocycles. The topological polar surface area (TPSA) is 59.2 Å². The van der Waals surface area contributed by atoms with E-state index in [4.69, 9.17) is 21.9 Å². The standard InChI is InChI=1S/C12H16ClN4O/c1-2-7-16(17-9-12(14)18-15-17)8-10-3-5-11(13)6-4-10/h3-6,9H,2,7-8,14H2,1H3/q+1. The van der Waals surface area contributed by atoms with E-state index >= 15 is 0 Å². The van der Waals surface area contributed by atoms with E-state index in [1.54, 1.807) is 11.0 Å². The van der Waals surface area contributed by atoms with Crippen LogP contribution in [-0.4, -0.2) is 11.8 Å². The van der Waals surface area contributed by atoms with Crippen molar-refractivity contribution in [3.05, 3.63) is 41.0 Å². The highest BCUT2D eigenvalue weighted by Gasteiger charge is 2.18. The molecule has 0 spiro atoms. The lowest BCUT2D eigenvalue weighted by Crippen LogP contribution is -2.58. The van der Waals surface area contributed by atoms with Gasteiger partial charge >= 0.3 is 0 Å². The molecule has 2 rings (SSSR count). The summed E-state index contributed by atoms with van der Waals surface area (Å²) in [5.41, 5.74) is 6.69. The lowest BCUT2D eigenvalue weighted by Gasteiger charge is -2.12. The Balaban J connectivity index is 2.13. The van der Waals surface area contributed by atoms with Crippen LogP contribution < -0.4 is 15.5 Å². The summed E-state index contributed by atoms with van der Waals surface area (Å²) >= 11 is 5.87. The van der Waals surface area contributed by atoms with Gasteiger partial charge in [-0.3, -0.25) is 4.52 Å². The number of nitrogens with two attached hydrogens (primary N) is 1. The van der Waals surface area contributed by atoms with Crippen molar-refractivity contribution < 1.29 is 9.31 Å². The molecule has 0 atom stereocenters. The van der Waals surface area contributed by atoms with Crippen molar-refractivity contribution in [2.75, 3.05) is 17.3 Å². The van der Waals surface area contributed by atoms with E-state index in [2.05, 4.69) is 12.2 Å². The van der Waals surface area contributed by atoms with E-state index in [0.29, 0.717) is 5.88 Å². The van der Waals surface area contributed by atoms with Gasteiger partial charge in [0.1, 0.15) is 6.54 Å². The maximum Gasteiger partial charge on any atom is 0.296 e. The first-order chi connectivity index (χ1) is 8.69. The first-order valence-corrected chi connectivity index (χ1v) is 6.20. The number of nitrogens with zero attached hydrogens (tertiary/aromatic N) is 3. The number of benzene rings is 1. The van der Waals surface area contributed by atoms with Crippen molar-refractivity contribution in [2.24, 2.45) is 0 Å². The predicted octanol–water partition coefficient (Wildman–Crippen LogP) is 1.75. The minimum atomic E-state index is 0.298. The average molecular weight is 268 g/mol. The largest absolute Gasteiger partial charge is 0.362 e. The van der Waals surface area contributed by atoms with E-state index in [1.807, 2.05) is 29.3 Å². The third-order valence-electron chi connectivity index (χ3n) is 2.52. The zero-order valence-electron chi connectivity index (χ0n) is 10.2. The Bertz CT molecular complexity index is 497. The van der Waals surface area contributed by atoms with Crippen molar-refractivity contribution in [2.45, 2.75) is 19.9 Å².